The van der Waals surface area contributed by atoms with Crippen molar-refractivity contribution in [1.29, 1.82) is 0 Å². The first-order chi connectivity index (χ1) is 10.8. The zero-order valence-corrected chi connectivity index (χ0v) is 13.3. The number of nitrogens with two attached hydrogens (primary N) is 1. The van der Waals surface area contributed by atoms with Gasteiger partial charge in [-0.2, -0.15) is 0 Å². The van der Waals surface area contributed by atoms with Gasteiger partial charge in [-0.05, 0) is 31.4 Å². The minimum atomic E-state index is 0.565. The second kappa shape index (κ2) is 10.2. The van der Waals surface area contributed by atoms with Crippen molar-refractivity contribution in [3.63, 3.8) is 0 Å². The van der Waals surface area contributed by atoms with E-state index in [2.05, 4.69) is 39.5 Å². The van der Waals surface area contributed by atoms with Crippen LogP contribution in [0.4, 0.5) is 0 Å². The van der Waals surface area contributed by atoms with Crippen molar-refractivity contribution in [3.8, 4) is 0 Å². The molecular formula is C17H28N4O. The van der Waals surface area contributed by atoms with Gasteiger partial charge in [0, 0.05) is 26.2 Å². The fourth-order valence-corrected chi connectivity index (χ4v) is 2.53. The lowest BCUT2D eigenvalue weighted by Gasteiger charge is -2.26. The highest BCUT2D eigenvalue weighted by molar-refractivity contribution is 5.77. The van der Waals surface area contributed by atoms with Crippen molar-refractivity contribution in [3.05, 3.63) is 35.9 Å². The molecule has 1 saturated heterocycles. The molecule has 1 aliphatic rings. The van der Waals surface area contributed by atoms with E-state index in [-0.39, 0.29) is 0 Å². The van der Waals surface area contributed by atoms with E-state index in [1.807, 2.05) is 6.07 Å². The van der Waals surface area contributed by atoms with Crippen LogP contribution in [0.2, 0.25) is 0 Å². The zero-order chi connectivity index (χ0) is 15.5. The molecule has 0 spiro atoms. The fourth-order valence-electron chi connectivity index (χ4n) is 2.53. The number of ether oxygens (including phenoxy) is 1. The highest BCUT2D eigenvalue weighted by Gasteiger charge is 2.08. The number of morpholine rings is 1. The molecule has 0 radical (unpaired) electrons. The number of benzene rings is 1. The molecule has 1 aromatic rings. The number of nitrogens with one attached hydrogen (secondary N) is 1. The smallest absolute Gasteiger partial charge is 0.188 e. The third kappa shape index (κ3) is 6.91. The van der Waals surface area contributed by atoms with Crippen LogP contribution < -0.4 is 11.1 Å². The lowest BCUT2D eigenvalue weighted by Crippen LogP contribution is -2.39. The van der Waals surface area contributed by atoms with Crippen LogP contribution in [0, 0.1) is 0 Å². The Morgan fingerprint density at radius 3 is 2.73 bits per heavy atom. The number of aliphatic imine (C=N–C) groups is 1. The van der Waals surface area contributed by atoms with E-state index in [0.29, 0.717) is 5.96 Å². The molecule has 0 bridgehead atoms. The molecule has 0 saturated carbocycles. The lowest BCUT2D eigenvalue weighted by molar-refractivity contribution is 0.0376. The van der Waals surface area contributed by atoms with Crippen molar-refractivity contribution >= 4 is 5.96 Å². The zero-order valence-electron chi connectivity index (χ0n) is 13.3. The number of aryl methyl sites for hydroxylation is 1. The van der Waals surface area contributed by atoms with Gasteiger partial charge in [0.1, 0.15) is 0 Å². The Balaban J connectivity index is 1.50. The summed E-state index contributed by atoms with van der Waals surface area (Å²) in [5.74, 6) is 0.565. The molecule has 1 fully saturated rings. The van der Waals surface area contributed by atoms with Gasteiger partial charge in [0.15, 0.2) is 5.96 Å². The Labute approximate surface area is 133 Å². The third-order valence-electron chi connectivity index (χ3n) is 3.81. The molecular weight excluding hydrogens is 276 g/mol. The molecule has 1 aliphatic heterocycles. The summed E-state index contributed by atoms with van der Waals surface area (Å²) in [4.78, 5) is 6.80. The maximum atomic E-state index is 5.88. The van der Waals surface area contributed by atoms with E-state index in [1.54, 1.807) is 0 Å². The summed E-state index contributed by atoms with van der Waals surface area (Å²) in [7, 11) is 0. The van der Waals surface area contributed by atoms with E-state index < -0.39 is 0 Å². The van der Waals surface area contributed by atoms with Gasteiger partial charge in [0.25, 0.3) is 0 Å². The first kappa shape index (κ1) is 16.8. The average Bonchev–Trinajstić information content (AvgIpc) is 2.57. The van der Waals surface area contributed by atoms with Gasteiger partial charge in [0.2, 0.25) is 0 Å². The quantitative estimate of drug-likeness (QED) is 0.431. The highest BCUT2D eigenvalue weighted by atomic mass is 16.5. The molecule has 0 unspecified atom stereocenters. The minimum absolute atomic E-state index is 0.565. The largest absolute Gasteiger partial charge is 0.379 e. The first-order valence-corrected chi connectivity index (χ1v) is 8.22. The lowest BCUT2D eigenvalue weighted by atomic mass is 10.1. The van der Waals surface area contributed by atoms with Crippen molar-refractivity contribution in [2.45, 2.75) is 19.3 Å². The van der Waals surface area contributed by atoms with Crippen LogP contribution in [0.5, 0.6) is 0 Å². The molecule has 22 heavy (non-hydrogen) atoms. The van der Waals surface area contributed by atoms with E-state index in [0.717, 1.165) is 65.2 Å². The van der Waals surface area contributed by atoms with Gasteiger partial charge in [-0.3, -0.25) is 9.89 Å². The topological polar surface area (TPSA) is 62.9 Å². The second-order valence-corrected chi connectivity index (χ2v) is 5.59. The summed E-state index contributed by atoms with van der Waals surface area (Å²) in [5, 5.41) is 3.19. The molecule has 0 aromatic heterocycles. The predicted molar refractivity (Wildman–Crippen MR) is 91.1 cm³/mol. The second-order valence-electron chi connectivity index (χ2n) is 5.59. The number of hydrogen-bond donors (Lipinski definition) is 2. The summed E-state index contributed by atoms with van der Waals surface area (Å²) in [6.45, 7) is 6.56. The number of rotatable bonds is 8. The van der Waals surface area contributed by atoms with E-state index in [4.69, 9.17) is 10.5 Å². The van der Waals surface area contributed by atoms with Gasteiger partial charge in [-0.1, -0.05) is 30.3 Å². The van der Waals surface area contributed by atoms with Gasteiger partial charge in [0.05, 0.1) is 13.2 Å². The van der Waals surface area contributed by atoms with Crippen LogP contribution in [-0.4, -0.2) is 56.8 Å². The molecule has 0 atom stereocenters. The van der Waals surface area contributed by atoms with Crippen LogP contribution in [0.15, 0.2) is 35.3 Å². The summed E-state index contributed by atoms with van der Waals surface area (Å²) >= 11 is 0. The molecule has 3 N–H and O–H groups in total. The molecule has 5 heteroatoms. The standard InChI is InChI=1S/C17H28N4O/c18-17(19-9-4-8-16-6-2-1-3-7-16)20-10-5-11-21-12-14-22-15-13-21/h1-3,6-7H,4-5,8-15H2,(H3,18,19,20). The van der Waals surface area contributed by atoms with Crippen molar-refractivity contribution < 1.29 is 4.74 Å². The molecule has 1 aromatic carbocycles. The Kier molecular flexibility index (Phi) is 7.77. The van der Waals surface area contributed by atoms with Crippen molar-refractivity contribution in [1.82, 2.24) is 10.2 Å². The molecule has 5 nitrogen and oxygen atoms in total. The Morgan fingerprint density at radius 1 is 1.18 bits per heavy atom. The summed E-state index contributed by atoms with van der Waals surface area (Å²) in [6, 6.07) is 10.5. The van der Waals surface area contributed by atoms with Gasteiger partial charge < -0.3 is 15.8 Å². The van der Waals surface area contributed by atoms with E-state index in [9.17, 15) is 0 Å². The summed E-state index contributed by atoms with van der Waals surface area (Å²) < 4.78 is 5.33. The molecule has 122 valence electrons. The van der Waals surface area contributed by atoms with Crippen molar-refractivity contribution in [2.24, 2.45) is 10.7 Å². The first-order valence-electron chi connectivity index (χ1n) is 8.22. The highest BCUT2D eigenvalue weighted by Crippen LogP contribution is 2.02. The Morgan fingerprint density at radius 2 is 1.95 bits per heavy atom. The maximum Gasteiger partial charge on any atom is 0.188 e. The van der Waals surface area contributed by atoms with E-state index >= 15 is 0 Å². The number of nitrogens with zero attached hydrogens (tertiary/aromatic N) is 2. The van der Waals surface area contributed by atoms with Gasteiger partial charge in [-0.25, -0.2) is 0 Å². The fraction of sp³-hybridized carbons (Fsp3) is 0.588. The number of hydrogen-bond acceptors (Lipinski definition) is 3. The van der Waals surface area contributed by atoms with Crippen LogP contribution in [-0.2, 0) is 11.2 Å². The van der Waals surface area contributed by atoms with Crippen LogP contribution >= 0.6 is 0 Å². The molecule has 0 aliphatic carbocycles. The van der Waals surface area contributed by atoms with Crippen LogP contribution in [0.3, 0.4) is 0 Å². The van der Waals surface area contributed by atoms with Gasteiger partial charge in [-0.15, -0.1) is 0 Å². The SMILES string of the molecule is NC(=NCCCc1ccccc1)NCCCN1CCOCC1. The Hall–Kier alpha value is -1.59. The minimum Gasteiger partial charge on any atom is -0.379 e. The average molecular weight is 304 g/mol. The number of guanidine groups is 1. The summed E-state index contributed by atoms with van der Waals surface area (Å²) in [5.41, 5.74) is 7.23. The molecule has 1 heterocycles. The Bertz CT molecular complexity index is 430. The normalized spacial score (nSPS) is 16.6. The van der Waals surface area contributed by atoms with Gasteiger partial charge >= 0.3 is 0 Å². The molecule has 2 rings (SSSR count). The third-order valence-corrected chi connectivity index (χ3v) is 3.81. The monoisotopic (exact) mass is 304 g/mol. The molecule has 0 amide bonds. The van der Waals surface area contributed by atoms with Crippen LogP contribution in [0.25, 0.3) is 0 Å². The predicted octanol–water partition coefficient (Wildman–Crippen LogP) is 1.25. The van der Waals surface area contributed by atoms with E-state index in [1.165, 1.54) is 5.56 Å². The summed E-state index contributed by atoms with van der Waals surface area (Å²) in [6.07, 6.45) is 3.16. The van der Waals surface area contributed by atoms with Crippen molar-refractivity contribution in [2.75, 3.05) is 45.9 Å². The van der Waals surface area contributed by atoms with Crippen LogP contribution in [0.1, 0.15) is 18.4 Å². The maximum absolute atomic E-state index is 5.88.